The molecule has 0 aromatic rings. The first-order valence-electron chi connectivity index (χ1n) is 4.97. The molecular weight excluding hydrogens is 198 g/mol. The van der Waals surface area contributed by atoms with E-state index in [0.717, 1.165) is 12.8 Å². The Morgan fingerprint density at radius 2 is 2.20 bits per heavy atom. The zero-order valence-corrected chi connectivity index (χ0v) is 8.79. The van der Waals surface area contributed by atoms with Gasteiger partial charge in [-0.3, -0.25) is 9.59 Å². The minimum Gasteiger partial charge on any atom is -0.370 e. The quantitative estimate of drug-likeness (QED) is 0.495. The lowest BCUT2D eigenvalue weighted by Crippen LogP contribution is -2.45. The number of rotatable bonds is 6. The number of amides is 2. The van der Waals surface area contributed by atoms with Crippen molar-refractivity contribution in [1.82, 2.24) is 10.6 Å². The zero-order chi connectivity index (χ0) is 11.3. The summed E-state index contributed by atoms with van der Waals surface area (Å²) in [5, 5.41) is 5.22. The van der Waals surface area contributed by atoms with Crippen molar-refractivity contribution in [2.75, 3.05) is 20.2 Å². The SMILES string of the molecule is COC(CN)C(=O)NCC(=O)NC1CC1. The molecule has 0 aromatic carbocycles. The zero-order valence-electron chi connectivity index (χ0n) is 8.79. The molecule has 1 unspecified atom stereocenters. The van der Waals surface area contributed by atoms with E-state index in [0.29, 0.717) is 6.04 Å². The van der Waals surface area contributed by atoms with Gasteiger partial charge in [-0.15, -0.1) is 0 Å². The fourth-order valence-corrected chi connectivity index (χ4v) is 1.10. The molecule has 1 atom stereocenters. The summed E-state index contributed by atoms with van der Waals surface area (Å²) in [7, 11) is 1.40. The predicted octanol–water partition coefficient (Wildman–Crippen LogP) is -1.65. The number of nitrogens with one attached hydrogen (secondary N) is 2. The number of carbonyl (C=O) groups is 2. The van der Waals surface area contributed by atoms with Crippen LogP contribution in [0.4, 0.5) is 0 Å². The number of hydrogen-bond donors (Lipinski definition) is 3. The lowest BCUT2D eigenvalue weighted by molar-refractivity contribution is -0.132. The minimum atomic E-state index is -0.682. The topological polar surface area (TPSA) is 93.4 Å². The van der Waals surface area contributed by atoms with Crippen LogP contribution in [0.5, 0.6) is 0 Å². The van der Waals surface area contributed by atoms with Crippen molar-refractivity contribution in [3.8, 4) is 0 Å². The van der Waals surface area contributed by atoms with Gasteiger partial charge in [0.2, 0.25) is 5.91 Å². The van der Waals surface area contributed by atoms with Crippen LogP contribution in [0, 0.1) is 0 Å². The van der Waals surface area contributed by atoms with Crippen molar-refractivity contribution in [3.05, 3.63) is 0 Å². The van der Waals surface area contributed by atoms with Crippen LogP contribution in [-0.2, 0) is 14.3 Å². The summed E-state index contributed by atoms with van der Waals surface area (Å²) in [4.78, 5) is 22.5. The molecule has 0 heterocycles. The summed E-state index contributed by atoms with van der Waals surface area (Å²) in [6.45, 7) is 0.0851. The first-order valence-corrected chi connectivity index (χ1v) is 4.97. The molecule has 1 fully saturated rings. The van der Waals surface area contributed by atoms with E-state index in [9.17, 15) is 9.59 Å². The summed E-state index contributed by atoms with van der Waals surface area (Å²) < 4.78 is 4.82. The third-order valence-electron chi connectivity index (χ3n) is 2.16. The Labute approximate surface area is 88.5 Å². The van der Waals surface area contributed by atoms with Gasteiger partial charge in [-0.2, -0.15) is 0 Å². The number of carbonyl (C=O) groups excluding carboxylic acids is 2. The van der Waals surface area contributed by atoms with Gasteiger partial charge in [0.25, 0.3) is 5.91 Å². The predicted molar refractivity (Wildman–Crippen MR) is 54.0 cm³/mol. The van der Waals surface area contributed by atoms with Crippen LogP contribution in [0.2, 0.25) is 0 Å². The first kappa shape index (κ1) is 11.9. The molecule has 0 spiro atoms. The Balaban J connectivity index is 2.16. The number of ether oxygens (including phenoxy) is 1. The fourth-order valence-electron chi connectivity index (χ4n) is 1.10. The fraction of sp³-hybridized carbons (Fsp3) is 0.778. The van der Waals surface area contributed by atoms with Gasteiger partial charge in [-0.1, -0.05) is 0 Å². The molecule has 0 aliphatic heterocycles. The summed E-state index contributed by atoms with van der Waals surface area (Å²) in [5.74, 6) is -0.524. The van der Waals surface area contributed by atoms with E-state index in [1.54, 1.807) is 0 Å². The second kappa shape index (κ2) is 5.67. The first-order chi connectivity index (χ1) is 7.17. The van der Waals surface area contributed by atoms with E-state index in [2.05, 4.69) is 10.6 Å². The summed E-state index contributed by atoms with van der Waals surface area (Å²) in [5.41, 5.74) is 5.29. The highest BCUT2D eigenvalue weighted by Crippen LogP contribution is 2.18. The molecular formula is C9H17N3O3. The molecule has 86 valence electrons. The maximum absolute atomic E-state index is 11.3. The molecule has 6 heteroatoms. The summed E-state index contributed by atoms with van der Waals surface area (Å²) in [6.07, 6.45) is 1.38. The van der Waals surface area contributed by atoms with Gasteiger partial charge >= 0.3 is 0 Å². The van der Waals surface area contributed by atoms with Crippen LogP contribution in [0.25, 0.3) is 0 Å². The smallest absolute Gasteiger partial charge is 0.250 e. The maximum Gasteiger partial charge on any atom is 0.250 e. The number of nitrogens with two attached hydrogens (primary N) is 1. The van der Waals surface area contributed by atoms with Crippen molar-refractivity contribution in [2.24, 2.45) is 5.73 Å². The highest BCUT2D eigenvalue weighted by Gasteiger charge is 2.23. The van der Waals surface area contributed by atoms with Gasteiger partial charge in [0, 0.05) is 19.7 Å². The Bertz CT molecular complexity index is 237. The molecule has 0 bridgehead atoms. The molecule has 0 aromatic heterocycles. The third kappa shape index (κ3) is 4.26. The van der Waals surface area contributed by atoms with Gasteiger partial charge in [0.1, 0.15) is 6.10 Å². The second-order valence-electron chi connectivity index (χ2n) is 3.52. The van der Waals surface area contributed by atoms with Crippen molar-refractivity contribution in [3.63, 3.8) is 0 Å². The minimum absolute atomic E-state index is 0.0187. The van der Waals surface area contributed by atoms with Crippen molar-refractivity contribution in [2.45, 2.75) is 25.0 Å². The summed E-state index contributed by atoms with van der Waals surface area (Å²) >= 11 is 0. The molecule has 1 aliphatic carbocycles. The highest BCUT2D eigenvalue weighted by atomic mass is 16.5. The van der Waals surface area contributed by atoms with Gasteiger partial charge < -0.3 is 21.1 Å². The Hall–Kier alpha value is -1.14. The van der Waals surface area contributed by atoms with Crippen LogP contribution in [0.3, 0.4) is 0 Å². The Morgan fingerprint density at radius 3 is 2.67 bits per heavy atom. The van der Waals surface area contributed by atoms with Crippen molar-refractivity contribution in [1.29, 1.82) is 0 Å². The maximum atomic E-state index is 11.3. The Kier molecular flexibility index (Phi) is 4.51. The number of hydrogen-bond acceptors (Lipinski definition) is 4. The van der Waals surface area contributed by atoms with E-state index in [4.69, 9.17) is 10.5 Å². The molecule has 0 radical (unpaired) electrons. The molecule has 1 saturated carbocycles. The lowest BCUT2D eigenvalue weighted by Gasteiger charge is -2.12. The molecule has 4 N–H and O–H groups in total. The average molecular weight is 215 g/mol. The average Bonchev–Trinajstić information content (AvgIpc) is 3.00. The number of methoxy groups -OCH3 is 1. The van der Waals surface area contributed by atoms with Crippen LogP contribution < -0.4 is 16.4 Å². The molecule has 15 heavy (non-hydrogen) atoms. The van der Waals surface area contributed by atoms with E-state index >= 15 is 0 Å². The second-order valence-corrected chi connectivity index (χ2v) is 3.52. The lowest BCUT2D eigenvalue weighted by atomic mass is 10.3. The molecule has 1 aliphatic rings. The Morgan fingerprint density at radius 1 is 1.53 bits per heavy atom. The van der Waals surface area contributed by atoms with E-state index in [1.165, 1.54) is 7.11 Å². The molecule has 0 saturated heterocycles. The van der Waals surface area contributed by atoms with E-state index in [-0.39, 0.29) is 24.9 Å². The third-order valence-corrected chi connectivity index (χ3v) is 2.16. The highest BCUT2D eigenvalue weighted by molar-refractivity contribution is 5.87. The van der Waals surface area contributed by atoms with Crippen LogP contribution >= 0.6 is 0 Å². The van der Waals surface area contributed by atoms with Crippen LogP contribution in [0.15, 0.2) is 0 Å². The van der Waals surface area contributed by atoms with E-state index in [1.807, 2.05) is 0 Å². The van der Waals surface area contributed by atoms with E-state index < -0.39 is 6.10 Å². The van der Waals surface area contributed by atoms with Gasteiger partial charge in [0.15, 0.2) is 0 Å². The standard InChI is InChI=1S/C9H17N3O3/c1-15-7(4-10)9(14)11-5-8(13)12-6-2-3-6/h6-7H,2-5,10H2,1H3,(H,11,14)(H,12,13). The largest absolute Gasteiger partial charge is 0.370 e. The van der Waals surface area contributed by atoms with Gasteiger partial charge in [-0.25, -0.2) is 0 Å². The monoisotopic (exact) mass is 215 g/mol. The normalized spacial score (nSPS) is 16.9. The molecule has 1 rings (SSSR count). The van der Waals surface area contributed by atoms with Crippen LogP contribution in [-0.4, -0.2) is 44.2 Å². The van der Waals surface area contributed by atoms with Crippen molar-refractivity contribution < 1.29 is 14.3 Å². The molecule has 2 amide bonds. The van der Waals surface area contributed by atoms with Crippen LogP contribution in [0.1, 0.15) is 12.8 Å². The van der Waals surface area contributed by atoms with Gasteiger partial charge in [0.05, 0.1) is 6.54 Å². The molecule has 6 nitrogen and oxygen atoms in total. The van der Waals surface area contributed by atoms with Crippen molar-refractivity contribution >= 4 is 11.8 Å². The summed E-state index contributed by atoms with van der Waals surface area (Å²) in [6, 6.07) is 0.308. The van der Waals surface area contributed by atoms with Gasteiger partial charge in [-0.05, 0) is 12.8 Å².